The lowest BCUT2D eigenvalue weighted by Crippen LogP contribution is -2.40. The molecule has 0 radical (unpaired) electrons. The van der Waals surface area contributed by atoms with Gasteiger partial charge in [0, 0.05) is 24.7 Å². The predicted molar refractivity (Wildman–Crippen MR) is 86.9 cm³/mol. The number of hydrogen-bond acceptors (Lipinski definition) is 2. The first-order chi connectivity index (χ1) is 10.1. The van der Waals surface area contributed by atoms with Gasteiger partial charge in [-0.3, -0.25) is 4.90 Å². The maximum absolute atomic E-state index is 13.1. The third-order valence-corrected chi connectivity index (χ3v) is 4.60. The van der Waals surface area contributed by atoms with Crippen LogP contribution in [-0.4, -0.2) is 30.6 Å². The Bertz CT molecular complexity index is 414. The summed E-state index contributed by atoms with van der Waals surface area (Å²) in [6, 6.07) is 8.63. The fourth-order valence-electron chi connectivity index (χ4n) is 2.79. The van der Waals surface area contributed by atoms with E-state index < -0.39 is 0 Å². The highest BCUT2D eigenvalue weighted by Gasteiger charge is 2.29. The molecule has 0 amide bonds. The average molecular weight is 292 g/mol. The smallest absolute Gasteiger partial charge is 0.123 e. The zero-order valence-electron chi connectivity index (χ0n) is 13.6. The Hall–Kier alpha value is -0.930. The van der Waals surface area contributed by atoms with Crippen LogP contribution in [0.25, 0.3) is 0 Å². The molecule has 0 aliphatic heterocycles. The van der Waals surface area contributed by atoms with Gasteiger partial charge in [0.25, 0.3) is 0 Å². The largest absolute Gasteiger partial charge is 0.308 e. The predicted octanol–water partition coefficient (Wildman–Crippen LogP) is 4.13. The van der Waals surface area contributed by atoms with Crippen LogP contribution in [0.5, 0.6) is 0 Å². The summed E-state index contributed by atoms with van der Waals surface area (Å²) in [4.78, 5) is 2.48. The van der Waals surface area contributed by atoms with Gasteiger partial charge in [-0.15, -0.1) is 0 Å². The zero-order chi connectivity index (χ0) is 15.2. The standard InChI is InChI=1S/C18H29FN2/c1-4-5-6-18(15-7-9-16(19)10-8-15)20-13-14(2)21(3)17-11-12-17/h7-10,14,17-18,20H,4-6,11-13H2,1-3H3. The highest BCUT2D eigenvalue weighted by atomic mass is 19.1. The quantitative estimate of drug-likeness (QED) is 0.736. The number of hydrogen-bond donors (Lipinski definition) is 1. The van der Waals surface area contributed by atoms with Crippen molar-refractivity contribution in [2.75, 3.05) is 13.6 Å². The summed E-state index contributed by atoms with van der Waals surface area (Å²) in [6.45, 7) is 5.48. The number of nitrogens with zero attached hydrogens (tertiary/aromatic N) is 1. The second-order valence-electron chi connectivity index (χ2n) is 6.40. The van der Waals surface area contributed by atoms with Gasteiger partial charge in [0.15, 0.2) is 0 Å². The van der Waals surface area contributed by atoms with Gasteiger partial charge in [-0.2, -0.15) is 0 Å². The number of unbranched alkanes of at least 4 members (excludes halogenated alkanes) is 1. The minimum atomic E-state index is -0.158. The SMILES string of the molecule is CCCCC(NCC(C)N(C)C1CC1)c1ccc(F)cc1. The molecule has 1 aliphatic carbocycles. The van der Waals surface area contributed by atoms with E-state index in [-0.39, 0.29) is 5.82 Å². The molecule has 1 aromatic carbocycles. The second-order valence-corrected chi connectivity index (χ2v) is 6.40. The Morgan fingerprint density at radius 1 is 1.29 bits per heavy atom. The molecule has 21 heavy (non-hydrogen) atoms. The molecular formula is C18H29FN2. The van der Waals surface area contributed by atoms with Crippen LogP contribution >= 0.6 is 0 Å². The monoisotopic (exact) mass is 292 g/mol. The Morgan fingerprint density at radius 3 is 2.52 bits per heavy atom. The van der Waals surface area contributed by atoms with Crippen LogP contribution in [0.4, 0.5) is 4.39 Å². The number of likely N-dealkylation sites (N-methyl/N-ethyl adjacent to an activating group) is 1. The van der Waals surface area contributed by atoms with Crippen LogP contribution in [0.15, 0.2) is 24.3 Å². The summed E-state index contributed by atoms with van der Waals surface area (Å²) >= 11 is 0. The first kappa shape index (κ1) is 16.4. The van der Waals surface area contributed by atoms with Gasteiger partial charge in [0.1, 0.15) is 5.82 Å². The summed E-state index contributed by atoms with van der Waals surface area (Å²) in [5, 5.41) is 3.69. The summed E-state index contributed by atoms with van der Waals surface area (Å²) in [6.07, 6.45) is 6.19. The van der Waals surface area contributed by atoms with Crippen molar-refractivity contribution in [3.05, 3.63) is 35.6 Å². The van der Waals surface area contributed by atoms with Gasteiger partial charge in [-0.1, -0.05) is 31.9 Å². The maximum Gasteiger partial charge on any atom is 0.123 e. The van der Waals surface area contributed by atoms with E-state index in [1.165, 1.54) is 31.2 Å². The first-order valence-corrected chi connectivity index (χ1v) is 8.32. The lowest BCUT2D eigenvalue weighted by Gasteiger charge is -2.27. The fourth-order valence-corrected chi connectivity index (χ4v) is 2.79. The third kappa shape index (κ3) is 5.08. The zero-order valence-corrected chi connectivity index (χ0v) is 13.6. The second kappa shape index (κ2) is 7.90. The van der Waals surface area contributed by atoms with Crippen LogP contribution in [0.1, 0.15) is 57.6 Å². The van der Waals surface area contributed by atoms with Gasteiger partial charge >= 0.3 is 0 Å². The molecule has 0 saturated heterocycles. The van der Waals surface area contributed by atoms with E-state index in [2.05, 4.69) is 31.1 Å². The van der Waals surface area contributed by atoms with Crippen LogP contribution in [0.2, 0.25) is 0 Å². The summed E-state index contributed by atoms with van der Waals surface area (Å²) < 4.78 is 13.1. The van der Waals surface area contributed by atoms with Crippen molar-refractivity contribution >= 4 is 0 Å². The van der Waals surface area contributed by atoms with Crippen molar-refractivity contribution in [2.45, 2.75) is 64.1 Å². The van der Waals surface area contributed by atoms with Gasteiger partial charge in [-0.05, 0) is 50.9 Å². The Morgan fingerprint density at radius 2 is 1.95 bits per heavy atom. The van der Waals surface area contributed by atoms with Crippen molar-refractivity contribution in [3.63, 3.8) is 0 Å². The van der Waals surface area contributed by atoms with E-state index in [0.29, 0.717) is 12.1 Å². The molecule has 1 saturated carbocycles. The molecule has 118 valence electrons. The normalized spacial score (nSPS) is 18.0. The molecule has 2 atom stereocenters. The van der Waals surface area contributed by atoms with Gasteiger partial charge in [0.2, 0.25) is 0 Å². The lowest BCUT2D eigenvalue weighted by molar-refractivity contribution is 0.234. The fraction of sp³-hybridized carbons (Fsp3) is 0.667. The number of benzene rings is 1. The van der Waals surface area contributed by atoms with E-state index in [1.54, 1.807) is 12.1 Å². The Kier molecular flexibility index (Phi) is 6.19. The van der Waals surface area contributed by atoms with Gasteiger partial charge in [0.05, 0.1) is 0 Å². The number of nitrogens with one attached hydrogen (secondary N) is 1. The van der Waals surface area contributed by atoms with Crippen LogP contribution in [0, 0.1) is 5.82 Å². The molecule has 0 bridgehead atoms. The summed E-state index contributed by atoms with van der Waals surface area (Å²) in [5.74, 6) is -0.158. The number of halogens is 1. The van der Waals surface area contributed by atoms with Crippen LogP contribution < -0.4 is 5.32 Å². The molecule has 1 fully saturated rings. The molecule has 2 unspecified atom stereocenters. The third-order valence-electron chi connectivity index (χ3n) is 4.60. The molecule has 0 aromatic heterocycles. The minimum Gasteiger partial charge on any atom is -0.308 e. The van der Waals surface area contributed by atoms with Gasteiger partial charge < -0.3 is 5.32 Å². The van der Waals surface area contributed by atoms with Crippen molar-refractivity contribution in [3.8, 4) is 0 Å². The molecule has 0 spiro atoms. The highest BCUT2D eigenvalue weighted by molar-refractivity contribution is 5.20. The Balaban J connectivity index is 1.90. The molecule has 1 N–H and O–H groups in total. The molecule has 3 heteroatoms. The summed E-state index contributed by atoms with van der Waals surface area (Å²) in [7, 11) is 2.23. The minimum absolute atomic E-state index is 0.158. The van der Waals surface area contributed by atoms with Crippen molar-refractivity contribution in [2.24, 2.45) is 0 Å². The molecule has 2 nitrogen and oxygen atoms in total. The maximum atomic E-state index is 13.1. The average Bonchev–Trinajstić information content (AvgIpc) is 3.32. The van der Waals surface area contributed by atoms with Crippen molar-refractivity contribution in [1.82, 2.24) is 10.2 Å². The van der Waals surface area contributed by atoms with E-state index in [4.69, 9.17) is 0 Å². The van der Waals surface area contributed by atoms with Crippen molar-refractivity contribution < 1.29 is 4.39 Å². The molecule has 1 aromatic rings. The van der Waals surface area contributed by atoms with E-state index in [1.807, 2.05) is 12.1 Å². The van der Waals surface area contributed by atoms with E-state index >= 15 is 0 Å². The topological polar surface area (TPSA) is 15.3 Å². The van der Waals surface area contributed by atoms with Crippen molar-refractivity contribution in [1.29, 1.82) is 0 Å². The van der Waals surface area contributed by atoms with E-state index in [0.717, 1.165) is 19.0 Å². The Labute approximate surface area is 128 Å². The van der Waals surface area contributed by atoms with Crippen LogP contribution in [-0.2, 0) is 0 Å². The molecular weight excluding hydrogens is 263 g/mol. The first-order valence-electron chi connectivity index (χ1n) is 8.32. The number of rotatable bonds is 9. The summed E-state index contributed by atoms with van der Waals surface area (Å²) in [5.41, 5.74) is 1.20. The van der Waals surface area contributed by atoms with Crippen LogP contribution in [0.3, 0.4) is 0 Å². The highest BCUT2D eigenvalue weighted by Crippen LogP contribution is 2.27. The van der Waals surface area contributed by atoms with Gasteiger partial charge in [-0.25, -0.2) is 4.39 Å². The molecule has 1 aliphatic rings. The molecule has 0 heterocycles. The molecule has 2 rings (SSSR count). The lowest BCUT2D eigenvalue weighted by atomic mass is 10.0. The van der Waals surface area contributed by atoms with E-state index in [9.17, 15) is 4.39 Å².